The maximum Gasteiger partial charge on any atom is 0.132 e. The largest absolute Gasteiger partial charge is 1.00 e. The predicted octanol–water partition coefficient (Wildman–Crippen LogP) is 2.46. The van der Waals surface area contributed by atoms with Crippen molar-refractivity contribution in [3.8, 4) is 0 Å². The van der Waals surface area contributed by atoms with Gasteiger partial charge in [0.1, 0.15) is 5.69 Å². The van der Waals surface area contributed by atoms with Crippen LogP contribution < -0.4 is 33.9 Å². The molecule has 0 aliphatic heterocycles. The Hall–Kier alpha value is -0.0900. The van der Waals surface area contributed by atoms with E-state index in [9.17, 15) is 0 Å². The van der Waals surface area contributed by atoms with Crippen LogP contribution in [0.15, 0.2) is 30.3 Å². The number of quaternary nitrogens is 2. The van der Waals surface area contributed by atoms with E-state index < -0.39 is 0 Å². The lowest BCUT2D eigenvalue weighted by molar-refractivity contribution is -0.929. The van der Waals surface area contributed by atoms with Crippen LogP contribution in [-0.4, -0.2) is 51.8 Å². The number of benzene rings is 1. The highest BCUT2D eigenvalue weighted by molar-refractivity contribution is 5.40. The lowest BCUT2D eigenvalue weighted by Gasteiger charge is -2.39. The van der Waals surface area contributed by atoms with Crippen molar-refractivity contribution in [2.75, 3.05) is 47.3 Å². The molecular formula is C29H58BrClN2. The van der Waals surface area contributed by atoms with Gasteiger partial charge >= 0.3 is 0 Å². The first-order valence-electron chi connectivity index (χ1n) is 13.6. The minimum Gasteiger partial charge on any atom is -1.00 e. The van der Waals surface area contributed by atoms with Crippen LogP contribution in [0, 0.1) is 0 Å². The van der Waals surface area contributed by atoms with Crippen LogP contribution in [0.2, 0.25) is 0 Å². The molecule has 0 saturated heterocycles. The summed E-state index contributed by atoms with van der Waals surface area (Å²) in [5.41, 5.74) is 1.34. The standard InChI is InChI=1S/C20H44N.C9H14N.BrH.ClH/c1-5-9-13-17-21(18-14-10-6-2,19-15-11-7-3)20-16-12-8-4;1-10(2,3)9-7-5-4-6-8-9;;/h5-20H2,1-4H3;4-8H,1-3H3;2*1H/q2*+1;;/p-2. The first kappa shape index (κ1) is 37.5. The van der Waals surface area contributed by atoms with Gasteiger partial charge in [-0.25, -0.2) is 0 Å². The van der Waals surface area contributed by atoms with Crippen molar-refractivity contribution >= 4 is 5.69 Å². The molecule has 0 N–H and O–H groups in total. The Kier molecular flexibility index (Phi) is 26.8. The number of para-hydroxylation sites is 1. The molecule has 4 heteroatoms. The number of nitrogens with zero attached hydrogens (tertiary/aromatic N) is 2. The molecule has 1 aromatic carbocycles. The molecule has 2 nitrogen and oxygen atoms in total. The van der Waals surface area contributed by atoms with Gasteiger partial charge in [-0.3, -0.25) is 4.48 Å². The fraction of sp³-hybridized carbons (Fsp3) is 0.793. The van der Waals surface area contributed by atoms with E-state index in [-0.39, 0.29) is 29.4 Å². The molecule has 0 spiro atoms. The summed E-state index contributed by atoms with van der Waals surface area (Å²) >= 11 is 0. The second-order valence-electron chi connectivity index (χ2n) is 10.4. The van der Waals surface area contributed by atoms with E-state index >= 15 is 0 Å². The third kappa shape index (κ3) is 19.9. The lowest BCUT2D eigenvalue weighted by atomic mass is 10.1. The maximum atomic E-state index is 2.33. The second kappa shape index (κ2) is 23.6. The number of halogens is 2. The molecule has 0 atom stereocenters. The van der Waals surface area contributed by atoms with Crippen LogP contribution in [0.4, 0.5) is 5.69 Å². The molecule has 1 rings (SSSR count). The van der Waals surface area contributed by atoms with Crippen LogP contribution in [0.25, 0.3) is 0 Å². The van der Waals surface area contributed by atoms with E-state index in [1.165, 1.54) is 113 Å². The van der Waals surface area contributed by atoms with Gasteiger partial charge in [0.05, 0.1) is 47.3 Å². The van der Waals surface area contributed by atoms with Crippen molar-refractivity contribution in [3.63, 3.8) is 0 Å². The quantitative estimate of drug-likeness (QED) is 0.207. The SMILES string of the molecule is CCCCC[N+](CCCCC)(CCCCC)CCCCC.C[N+](C)(C)c1ccccc1.[Br-].[Cl-]. The zero-order valence-electron chi connectivity index (χ0n) is 23.4. The molecule has 0 radical (unpaired) electrons. The van der Waals surface area contributed by atoms with Gasteiger partial charge < -0.3 is 33.9 Å². The Morgan fingerprint density at radius 1 is 0.515 bits per heavy atom. The van der Waals surface area contributed by atoms with E-state index in [0.717, 1.165) is 4.48 Å². The van der Waals surface area contributed by atoms with Gasteiger partial charge in [0, 0.05) is 0 Å². The van der Waals surface area contributed by atoms with Gasteiger partial charge in [-0.15, -0.1) is 0 Å². The highest BCUT2D eigenvalue weighted by Gasteiger charge is 2.25. The van der Waals surface area contributed by atoms with Crippen molar-refractivity contribution in [2.45, 2.75) is 105 Å². The van der Waals surface area contributed by atoms with E-state index in [2.05, 4.69) is 73.1 Å². The van der Waals surface area contributed by atoms with Crippen molar-refractivity contribution in [2.24, 2.45) is 0 Å². The third-order valence-corrected chi connectivity index (χ3v) is 6.47. The Labute approximate surface area is 225 Å². The topological polar surface area (TPSA) is 0 Å². The Morgan fingerprint density at radius 3 is 1.03 bits per heavy atom. The summed E-state index contributed by atoms with van der Waals surface area (Å²) in [6.45, 7) is 15.1. The molecule has 0 heterocycles. The van der Waals surface area contributed by atoms with Crippen molar-refractivity contribution in [1.29, 1.82) is 0 Å². The molecule has 0 saturated carbocycles. The number of hydrogen-bond acceptors (Lipinski definition) is 0. The molecule has 1 aromatic rings. The summed E-state index contributed by atoms with van der Waals surface area (Å²) in [4.78, 5) is 0. The summed E-state index contributed by atoms with van der Waals surface area (Å²) < 4.78 is 2.33. The number of rotatable bonds is 17. The summed E-state index contributed by atoms with van der Waals surface area (Å²) in [6, 6.07) is 10.5. The summed E-state index contributed by atoms with van der Waals surface area (Å²) in [5.74, 6) is 0. The summed E-state index contributed by atoms with van der Waals surface area (Å²) in [6.07, 6.45) is 16.9. The fourth-order valence-electron chi connectivity index (χ4n) is 4.33. The molecule has 0 amide bonds. The van der Waals surface area contributed by atoms with Crippen LogP contribution in [0.1, 0.15) is 105 Å². The van der Waals surface area contributed by atoms with Gasteiger partial charge in [0.15, 0.2) is 0 Å². The molecule has 0 aliphatic rings. The van der Waals surface area contributed by atoms with Crippen LogP contribution in [-0.2, 0) is 0 Å². The van der Waals surface area contributed by atoms with Crippen LogP contribution >= 0.6 is 0 Å². The van der Waals surface area contributed by atoms with Gasteiger partial charge in [0.25, 0.3) is 0 Å². The summed E-state index contributed by atoms with van der Waals surface area (Å²) in [5, 5.41) is 0. The van der Waals surface area contributed by atoms with Gasteiger partial charge in [0.2, 0.25) is 0 Å². The maximum absolute atomic E-state index is 2.33. The molecule has 0 bridgehead atoms. The Morgan fingerprint density at radius 2 is 0.818 bits per heavy atom. The Bertz CT molecular complexity index is 457. The van der Waals surface area contributed by atoms with Crippen LogP contribution in [0.5, 0.6) is 0 Å². The predicted molar refractivity (Wildman–Crippen MR) is 144 cm³/mol. The molecule has 0 fully saturated rings. The molecule has 33 heavy (non-hydrogen) atoms. The van der Waals surface area contributed by atoms with Crippen molar-refractivity contribution in [1.82, 2.24) is 4.48 Å². The second-order valence-corrected chi connectivity index (χ2v) is 10.4. The zero-order valence-corrected chi connectivity index (χ0v) is 25.7. The number of unbranched alkanes of at least 4 members (excludes halogenated alkanes) is 8. The molecule has 0 unspecified atom stereocenters. The smallest absolute Gasteiger partial charge is 0.132 e. The number of hydrogen-bond donors (Lipinski definition) is 0. The van der Waals surface area contributed by atoms with E-state index in [0.29, 0.717) is 0 Å². The van der Waals surface area contributed by atoms with E-state index in [4.69, 9.17) is 0 Å². The van der Waals surface area contributed by atoms with Gasteiger partial charge in [-0.05, 0) is 63.5 Å². The first-order valence-corrected chi connectivity index (χ1v) is 13.6. The van der Waals surface area contributed by atoms with Gasteiger partial charge in [-0.2, -0.15) is 0 Å². The highest BCUT2D eigenvalue weighted by atomic mass is 79.9. The normalized spacial score (nSPS) is 11.1. The third-order valence-electron chi connectivity index (χ3n) is 6.47. The van der Waals surface area contributed by atoms with E-state index in [1.807, 2.05) is 6.07 Å². The van der Waals surface area contributed by atoms with E-state index in [1.54, 1.807) is 0 Å². The minimum atomic E-state index is 0. The summed E-state index contributed by atoms with van der Waals surface area (Å²) in [7, 11) is 6.49. The molecule has 198 valence electrons. The highest BCUT2D eigenvalue weighted by Crippen LogP contribution is 2.18. The average Bonchev–Trinajstić information content (AvgIpc) is 2.75. The molecule has 0 aromatic heterocycles. The first-order chi connectivity index (χ1) is 14.8. The molecule has 0 aliphatic carbocycles. The zero-order chi connectivity index (χ0) is 23.4. The van der Waals surface area contributed by atoms with Crippen molar-refractivity contribution in [3.05, 3.63) is 30.3 Å². The van der Waals surface area contributed by atoms with Crippen molar-refractivity contribution < 1.29 is 33.9 Å². The monoisotopic (exact) mass is 548 g/mol. The molecular weight excluding hydrogens is 492 g/mol. The lowest BCUT2D eigenvalue weighted by Crippen LogP contribution is -3.00. The minimum absolute atomic E-state index is 0. The fourth-order valence-corrected chi connectivity index (χ4v) is 4.33. The Balaban J connectivity index is -0.000000630. The van der Waals surface area contributed by atoms with Crippen LogP contribution in [0.3, 0.4) is 0 Å². The van der Waals surface area contributed by atoms with Gasteiger partial charge in [-0.1, -0.05) is 71.6 Å². The average molecular weight is 550 g/mol.